The van der Waals surface area contributed by atoms with Crippen LogP contribution in [0.15, 0.2) is 18.2 Å². The maximum absolute atomic E-state index is 2.38. The number of hydrogen-bond donors (Lipinski definition) is 0. The first kappa shape index (κ1) is 9.76. The van der Waals surface area contributed by atoms with Gasteiger partial charge in [0.1, 0.15) is 0 Å². The summed E-state index contributed by atoms with van der Waals surface area (Å²) in [5.74, 6) is 0.803. The molecule has 1 aromatic rings. The van der Waals surface area contributed by atoms with Gasteiger partial charge in [0.25, 0.3) is 0 Å². The first-order valence-corrected chi connectivity index (χ1v) is 5.62. The van der Waals surface area contributed by atoms with Crippen LogP contribution in [0.25, 0.3) is 0 Å². The van der Waals surface area contributed by atoms with Crippen molar-refractivity contribution in [1.29, 1.82) is 0 Å². The topological polar surface area (TPSA) is 0 Å². The Morgan fingerprint density at radius 2 is 2.00 bits per heavy atom. The van der Waals surface area contributed by atoms with E-state index in [1.165, 1.54) is 18.4 Å². The lowest BCUT2D eigenvalue weighted by Crippen LogP contribution is -2.32. The Kier molecular flexibility index (Phi) is 2.17. The Morgan fingerprint density at radius 3 is 2.71 bits per heavy atom. The lowest BCUT2D eigenvalue weighted by Gasteiger charge is -2.38. The van der Waals surface area contributed by atoms with E-state index in [1.807, 2.05) is 0 Å². The third-order valence-electron chi connectivity index (χ3n) is 4.04. The number of aryl methyl sites for hydroxylation is 2. The van der Waals surface area contributed by atoms with Crippen molar-refractivity contribution in [2.75, 3.05) is 0 Å². The van der Waals surface area contributed by atoms with Gasteiger partial charge in [0.2, 0.25) is 0 Å². The van der Waals surface area contributed by atoms with Crippen molar-refractivity contribution in [3.05, 3.63) is 34.9 Å². The molecule has 0 amide bonds. The van der Waals surface area contributed by atoms with Gasteiger partial charge >= 0.3 is 0 Å². The van der Waals surface area contributed by atoms with Crippen LogP contribution in [0.4, 0.5) is 0 Å². The monoisotopic (exact) mass is 188 g/mol. The normalized spacial score (nSPS) is 24.4. The summed E-state index contributed by atoms with van der Waals surface area (Å²) in [6.45, 7) is 9.34. The van der Waals surface area contributed by atoms with Gasteiger partial charge in [-0.05, 0) is 42.2 Å². The molecule has 2 rings (SSSR count). The molecule has 0 spiro atoms. The number of hydrogen-bond acceptors (Lipinski definition) is 0. The largest absolute Gasteiger partial charge is 0.0617 e. The molecule has 0 heteroatoms. The molecule has 1 aliphatic carbocycles. The van der Waals surface area contributed by atoms with Gasteiger partial charge in [-0.15, -0.1) is 0 Å². The lowest BCUT2D eigenvalue weighted by atomic mass is 9.66. The van der Waals surface area contributed by atoms with Crippen LogP contribution in [0.3, 0.4) is 0 Å². The summed E-state index contributed by atoms with van der Waals surface area (Å²) >= 11 is 0. The standard InChI is InChI=1S/C14H20/c1-10-5-7-12-8-6-11(2)14(3,4)13(12)9-10/h5,7,9,11H,6,8H2,1-4H3. The van der Waals surface area contributed by atoms with Crippen molar-refractivity contribution < 1.29 is 0 Å². The van der Waals surface area contributed by atoms with Crippen LogP contribution in [0.2, 0.25) is 0 Å². The van der Waals surface area contributed by atoms with Crippen LogP contribution in [0, 0.1) is 12.8 Å². The van der Waals surface area contributed by atoms with Crippen LogP contribution >= 0.6 is 0 Å². The molecule has 76 valence electrons. The second-order valence-electron chi connectivity index (χ2n) is 5.32. The Bertz CT molecular complexity index is 347. The molecule has 1 aliphatic rings. The molecule has 14 heavy (non-hydrogen) atoms. The number of benzene rings is 1. The SMILES string of the molecule is Cc1ccc2c(c1)C(C)(C)C(C)CC2. The van der Waals surface area contributed by atoms with Gasteiger partial charge in [-0.2, -0.15) is 0 Å². The van der Waals surface area contributed by atoms with Gasteiger partial charge in [-0.3, -0.25) is 0 Å². The first-order valence-electron chi connectivity index (χ1n) is 5.62. The zero-order valence-corrected chi connectivity index (χ0v) is 9.72. The summed E-state index contributed by atoms with van der Waals surface area (Å²) in [6, 6.07) is 6.94. The average molecular weight is 188 g/mol. The second kappa shape index (κ2) is 3.12. The van der Waals surface area contributed by atoms with Gasteiger partial charge in [-0.25, -0.2) is 0 Å². The fourth-order valence-electron chi connectivity index (χ4n) is 2.51. The minimum Gasteiger partial charge on any atom is -0.0617 e. The van der Waals surface area contributed by atoms with Gasteiger partial charge in [-0.1, -0.05) is 44.5 Å². The van der Waals surface area contributed by atoms with Crippen molar-refractivity contribution >= 4 is 0 Å². The lowest BCUT2D eigenvalue weighted by molar-refractivity contribution is 0.302. The van der Waals surface area contributed by atoms with E-state index in [0.29, 0.717) is 5.41 Å². The van der Waals surface area contributed by atoms with Crippen LogP contribution in [-0.2, 0) is 11.8 Å². The highest BCUT2D eigenvalue weighted by Crippen LogP contribution is 2.41. The van der Waals surface area contributed by atoms with Crippen LogP contribution < -0.4 is 0 Å². The predicted octanol–water partition coefficient (Wildman–Crippen LogP) is 3.85. The number of fused-ring (bicyclic) bond motifs is 1. The van der Waals surface area contributed by atoms with E-state index in [1.54, 1.807) is 11.1 Å². The molecule has 1 aromatic carbocycles. The number of rotatable bonds is 0. The van der Waals surface area contributed by atoms with Gasteiger partial charge in [0.05, 0.1) is 0 Å². The molecule has 0 nitrogen and oxygen atoms in total. The Morgan fingerprint density at radius 1 is 1.29 bits per heavy atom. The molecule has 1 unspecified atom stereocenters. The third-order valence-corrected chi connectivity index (χ3v) is 4.04. The zero-order valence-electron chi connectivity index (χ0n) is 9.72. The maximum Gasteiger partial charge on any atom is -0.00750 e. The Hall–Kier alpha value is -0.780. The highest BCUT2D eigenvalue weighted by molar-refractivity contribution is 5.39. The van der Waals surface area contributed by atoms with Gasteiger partial charge < -0.3 is 0 Å². The van der Waals surface area contributed by atoms with Crippen LogP contribution in [0.5, 0.6) is 0 Å². The molecule has 0 saturated carbocycles. The molecular formula is C14H20. The molecule has 0 saturated heterocycles. The summed E-state index contributed by atoms with van der Waals surface area (Å²) in [6.07, 6.45) is 2.60. The van der Waals surface area contributed by atoms with Crippen LogP contribution in [0.1, 0.15) is 43.9 Å². The van der Waals surface area contributed by atoms with Gasteiger partial charge in [0, 0.05) is 0 Å². The van der Waals surface area contributed by atoms with E-state index in [0.717, 1.165) is 5.92 Å². The molecule has 0 radical (unpaired) electrons. The second-order valence-corrected chi connectivity index (χ2v) is 5.32. The first-order chi connectivity index (χ1) is 6.51. The average Bonchev–Trinajstić information content (AvgIpc) is 2.13. The highest BCUT2D eigenvalue weighted by atomic mass is 14.4. The van der Waals surface area contributed by atoms with Crippen molar-refractivity contribution in [3.63, 3.8) is 0 Å². The quantitative estimate of drug-likeness (QED) is 0.580. The van der Waals surface area contributed by atoms with E-state index in [-0.39, 0.29) is 0 Å². The summed E-state index contributed by atoms with van der Waals surface area (Å²) in [7, 11) is 0. The molecule has 0 N–H and O–H groups in total. The Labute approximate surface area is 87.3 Å². The maximum atomic E-state index is 2.38. The minimum atomic E-state index is 0.361. The fraction of sp³-hybridized carbons (Fsp3) is 0.571. The van der Waals surface area contributed by atoms with Crippen LogP contribution in [-0.4, -0.2) is 0 Å². The summed E-state index contributed by atoms with van der Waals surface area (Å²) in [5.41, 5.74) is 4.90. The van der Waals surface area contributed by atoms with Gasteiger partial charge in [0.15, 0.2) is 0 Å². The van der Waals surface area contributed by atoms with Crippen molar-refractivity contribution in [2.24, 2.45) is 5.92 Å². The molecule has 0 fully saturated rings. The van der Waals surface area contributed by atoms with E-state index in [9.17, 15) is 0 Å². The third kappa shape index (κ3) is 1.37. The zero-order chi connectivity index (χ0) is 10.3. The summed E-state index contributed by atoms with van der Waals surface area (Å²) < 4.78 is 0. The molecule has 0 aromatic heterocycles. The van der Waals surface area contributed by atoms with Crippen molar-refractivity contribution in [2.45, 2.75) is 46.0 Å². The summed E-state index contributed by atoms with van der Waals surface area (Å²) in [4.78, 5) is 0. The summed E-state index contributed by atoms with van der Waals surface area (Å²) in [5, 5.41) is 0. The van der Waals surface area contributed by atoms with E-state index in [2.05, 4.69) is 45.9 Å². The Balaban J connectivity index is 2.55. The van der Waals surface area contributed by atoms with E-state index >= 15 is 0 Å². The van der Waals surface area contributed by atoms with Crippen molar-refractivity contribution in [3.8, 4) is 0 Å². The molecule has 1 atom stereocenters. The highest BCUT2D eigenvalue weighted by Gasteiger charge is 2.33. The van der Waals surface area contributed by atoms with E-state index in [4.69, 9.17) is 0 Å². The van der Waals surface area contributed by atoms with E-state index < -0.39 is 0 Å². The fourth-order valence-corrected chi connectivity index (χ4v) is 2.51. The van der Waals surface area contributed by atoms with Crippen molar-refractivity contribution in [1.82, 2.24) is 0 Å². The predicted molar refractivity (Wildman–Crippen MR) is 61.7 cm³/mol. The minimum absolute atomic E-state index is 0.361. The molecule has 0 aliphatic heterocycles. The molecule has 0 heterocycles. The molecule has 0 bridgehead atoms. The molecular weight excluding hydrogens is 168 g/mol. The smallest absolute Gasteiger partial charge is 0.00750 e.